The van der Waals surface area contributed by atoms with Crippen LogP contribution in [0.4, 0.5) is 0 Å². The highest BCUT2D eigenvalue weighted by atomic mass is 16.2. The first kappa shape index (κ1) is 12.6. The zero-order valence-electron chi connectivity index (χ0n) is 11.6. The van der Waals surface area contributed by atoms with Gasteiger partial charge in [-0.05, 0) is 23.1 Å². The normalized spacial score (nSPS) is 11.8. The summed E-state index contributed by atoms with van der Waals surface area (Å²) < 4.78 is 1.74. The molecule has 2 heterocycles. The van der Waals surface area contributed by atoms with Crippen molar-refractivity contribution in [3.8, 4) is 0 Å². The van der Waals surface area contributed by atoms with E-state index in [4.69, 9.17) is 0 Å². The van der Waals surface area contributed by atoms with E-state index in [1.807, 2.05) is 18.3 Å². The zero-order valence-corrected chi connectivity index (χ0v) is 11.6. The van der Waals surface area contributed by atoms with Crippen LogP contribution in [0.2, 0.25) is 0 Å². The Labute approximate surface area is 107 Å². The summed E-state index contributed by atoms with van der Waals surface area (Å²) >= 11 is 0. The van der Waals surface area contributed by atoms with Crippen LogP contribution in [0.5, 0.6) is 0 Å². The molecule has 1 amide bonds. The molecule has 2 rings (SSSR count). The summed E-state index contributed by atoms with van der Waals surface area (Å²) in [6.07, 6.45) is 3.53. The lowest BCUT2D eigenvalue weighted by molar-refractivity contribution is 0.0829. The van der Waals surface area contributed by atoms with Gasteiger partial charge in [-0.3, -0.25) is 4.79 Å². The van der Waals surface area contributed by atoms with Gasteiger partial charge >= 0.3 is 0 Å². The van der Waals surface area contributed by atoms with E-state index >= 15 is 0 Å². The van der Waals surface area contributed by atoms with Crippen molar-refractivity contribution >= 4 is 11.4 Å². The van der Waals surface area contributed by atoms with Gasteiger partial charge in [0.25, 0.3) is 5.91 Å². The van der Waals surface area contributed by atoms with E-state index in [-0.39, 0.29) is 11.3 Å². The summed E-state index contributed by atoms with van der Waals surface area (Å²) in [6.45, 7) is 6.47. The molecule has 0 fully saturated rings. The van der Waals surface area contributed by atoms with Crippen LogP contribution in [0.25, 0.3) is 5.52 Å². The Morgan fingerprint density at radius 1 is 1.33 bits per heavy atom. The summed E-state index contributed by atoms with van der Waals surface area (Å²) in [5.41, 5.74) is 2.76. The SMILES string of the molecule is CN(C)C(=O)c1cnn2ccc(C(C)(C)C)cc12. The molecule has 0 saturated carbocycles. The average molecular weight is 245 g/mol. The van der Waals surface area contributed by atoms with Crippen LogP contribution in [0.15, 0.2) is 24.5 Å². The van der Waals surface area contributed by atoms with E-state index in [0.29, 0.717) is 5.56 Å². The van der Waals surface area contributed by atoms with Crippen molar-refractivity contribution < 1.29 is 4.79 Å². The Hall–Kier alpha value is -1.84. The number of fused-ring (bicyclic) bond motifs is 1. The third-order valence-corrected chi connectivity index (χ3v) is 3.02. The molecule has 0 unspecified atom stereocenters. The Morgan fingerprint density at radius 2 is 2.00 bits per heavy atom. The monoisotopic (exact) mass is 245 g/mol. The van der Waals surface area contributed by atoms with Gasteiger partial charge in [0, 0.05) is 20.3 Å². The summed E-state index contributed by atoms with van der Waals surface area (Å²) in [5, 5.41) is 4.21. The number of amides is 1. The van der Waals surface area contributed by atoms with E-state index < -0.39 is 0 Å². The molecule has 0 aliphatic carbocycles. The number of carbonyl (C=O) groups is 1. The molecule has 2 aromatic heterocycles. The third kappa shape index (κ3) is 2.10. The van der Waals surface area contributed by atoms with Crippen LogP contribution in [-0.4, -0.2) is 34.5 Å². The fraction of sp³-hybridized carbons (Fsp3) is 0.429. The number of nitrogens with zero attached hydrogens (tertiary/aromatic N) is 3. The molecule has 4 heteroatoms. The maximum Gasteiger partial charge on any atom is 0.257 e. The van der Waals surface area contributed by atoms with E-state index in [0.717, 1.165) is 5.52 Å². The largest absolute Gasteiger partial charge is 0.345 e. The van der Waals surface area contributed by atoms with Gasteiger partial charge < -0.3 is 4.90 Å². The molecular formula is C14H19N3O. The van der Waals surface area contributed by atoms with Gasteiger partial charge in [-0.15, -0.1) is 0 Å². The highest BCUT2D eigenvalue weighted by Crippen LogP contribution is 2.24. The van der Waals surface area contributed by atoms with Crippen molar-refractivity contribution in [2.45, 2.75) is 26.2 Å². The van der Waals surface area contributed by atoms with Gasteiger partial charge in [-0.1, -0.05) is 20.8 Å². The average Bonchev–Trinajstić information content (AvgIpc) is 2.69. The molecule has 0 atom stereocenters. The van der Waals surface area contributed by atoms with Gasteiger partial charge in [0.2, 0.25) is 0 Å². The first-order valence-electron chi connectivity index (χ1n) is 6.00. The zero-order chi connectivity index (χ0) is 13.5. The number of rotatable bonds is 1. The fourth-order valence-corrected chi connectivity index (χ4v) is 1.85. The molecule has 0 aliphatic heterocycles. The lowest BCUT2D eigenvalue weighted by atomic mass is 9.87. The Balaban J connectivity index is 2.60. The highest BCUT2D eigenvalue weighted by molar-refractivity contribution is 6.00. The third-order valence-electron chi connectivity index (χ3n) is 3.02. The number of hydrogen-bond donors (Lipinski definition) is 0. The molecule has 0 N–H and O–H groups in total. The quantitative estimate of drug-likeness (QED) is 0.773. The first-order chi connectivity index (χ1) is 8.30. The molecule has 0 aliphatic rings. The minimum atomic E-state index is -0.0175. The molecule has 4 nitrogen and oxygen atoms in total. The van der Waals surface area contributed by atoms with Gasteiger partial charge in [0.05, 0.1) is 17.3 Å². The van der Waals surface area contributed by atoms with Crippen LogP contribution in [-0.2, 0) is 5.41 Å². The van der Waals surface area contributed by atoms with Crippen LogP contribution in [0.1, 0.15) is 36.7 Å². The predicted octanol–water partition coefficient (Wildman–Crippen LogP) is 2.33. The topological polar surface area (TPSA) is 37.6 Å². The first-order valence-corrected chi connectivity index (χ1v) is 6.00. The van der Waals surface area contributed by atoms with E-state index in [1.54, 1.807) is 29.7 Å². The summed E-state index contributed by atoms with van der Waals surface area (Å²) in [7, 11) is 3.50. The van der Waals surface area contributed by atoms with Crippen LogP contribution in [0, 0.1) is 0 Å². The lowest BCUT2D eigenvalue weighted by Gasteiger charge is -2.19. The van der Waals surface area contributed by atoms with Crippen molar-refractivity contribution in [3.05, 3.63) is 35.7 Å². The maximum atomic E-state index is 12.1. The summed E-state index contributed by atoms with van der Waals surface area (Å²) in [6, 6.07) is 4.09. The highest BCUT2D eigenvalue weighted by Gasteiger charge is 2.18. The number of aromatic nitrogens is 2. The van der Waals surface area contributed by atoms with Crippen molar-refractivity contribution in [3.63, 3.8) is 0 Å². The van der Waals surface area contributed by atoms with Gasteiger partial charge in [-0.25, -0.2) is 4.52 Å². The number of hydrogen-bond acceptors (Lipinski definition) is 2. The smallest absolute Gasteiger partial charge is 0.257 e. The van der Waals surface area contributed by atoms with Gasteiger partial charge in [0.1, 0.15) is 0 Å². The molecule has 0 aromatic carbocycles. The molecule has 96 valence electrons. The van der Waals surface area contributed by atoms with Gasteiger partial charge in [0.15, 0.2) is 0 Å². The molecule has 0 radical (unpaired) electrons. The molecule has 2 aromatic rings. The predicted molar refractivity (Wildman–Crippen MR) is 71.9 cm³/mol. The lowest BCUT2D eigenvalue weighted by Crippen LogP contribution is -2.21. The molecule has 0 bridgehead atoms. The van der Waals surface area contributed by atoms with E-state index in [9.17, 15) is 4.79 Å². The number of carbonyl (C=O) groups excluding carboxylic acids is 1. The number of pyridine rings is 1. The maximum absolute atomic E-state index is 12.1. The van der Waals surface area contributed by atoms with E-state index in [2.05, 4.69) is 25.9 Å². The molecule has 0 spiro atoms. The van der Waals surface area contributed by atoms with Crippen molar-refractivity contribution in [2.24, 2.45) is 0 Å². The fourth-order valence-electron chi connectivity index (χ4n) is 1.85. The van der Waals surface area contributed by atoms with Crippen LogP contribution < -0.4 is 0 Å². The van der Waals surface area contributed by atoms with Crippen molar-refractivity contribution in [2.75, 3.05) is 14.1 Å². The molecular weight excluding hydrogens is 226 g/mol. The Kier molecular flexibility index (Phi) is 2.89. The second-order valence-corrected chi connectivity index (χ2v) is 5.75. The van der Waals surface area contributed by atoms with Crippen molar-refractivity contribution in [1.82, 2.24) is 14.5 Å². The minimum absolute atomic E-state index is 0.0175. The Morgan fingerprint density at radius 3 is 2.56 bits per heavy atom. The summed E-state index contributed by atoms with van der Waals surface area (Å²) in [5.74, 6) is -0.0175. The standard InChI is InChI=1S/C14H19N3O/c1-14(2,3)10-6-7-17-12(8-10)11(9-15-17)13(18)16(4)5/h6-9H,1-5H3. The molecule has 18 heavy (non-hydrogen) atoms. The minimum Gasteiger partial charge on any atom is -0.345 e. The van der Waals surface area contributed by atoms with Crippen LogP contribution >= 0.6 is 0 Å². The summed E-state index contributed by atoms with van der Waals surface area (Å²) in [4.78, 5) is 13.6. The van der Waals surface area contributed by atoms with Crippen LogP contribution in [0.3, 0.4) is 0 Å². The Bertz CT molecular complexity index is 591. The van der Waals surface area contributed by atoms with Crippen molar-refractivity contribution in [1.29, 1.82) is 0 Å². The van der Waals surface area contributed by atoms with Gasteiger partial charge in [-0.2, -0.15) is 5.10 Å². The molecule has 0 saturated heterocycles. The second kappa shape index (κ2) is 4.12. The van der Waals surface area contributed by atoms with E-state index in [1.165, 1.54) is 5.56 Å². The second-order valence-electron chi connectivity index (χ2n) is 5.75.